The first-order chi connectivity index (χ1) is 7.54. The first-order valence-corrected chi connectivity index (χ1v) is 6.28. The van der Waals surface area contributed by atoms with Crippen molar-refractivity contribution in [2.24, 2.45) is 7.05 Å². The highest BCUT2D eigenvalue weighted by molar-refractivity contribution is 8.00. The second kappa shape index (κ2) is 4.10. The second-order valence-corrected chi connectivity index (χ2v) is 5.00. The molecule has 86 valence electrons. The number of alkyl halides is 2. The minimum Gasteiger partial charge on any atom is -0.293 e. The van der Waals surface area contributed by atoms with Crippen LogP contribution in [0.25, 0.3) is 10.3 Å². The molecule has 0 aromatic carbocycles. The fraction of sp³-hybridized carbons (Fsp3) is 0.375. The van der Waals surface area contributed by atoms with Gasteiger partial charge < -0.3 is 0 Å². The van der Waals surface area contributed by atoms with E-state index in [0.717, 1.165) is 15.9 Å². The summed E-state index contributed by atoms with van der Waals surface area (Å²) in [6.07, 6.45) is -0.960. The van der Waals surface area contributed by atoms with Crippen molar-refractivity contribution >= 4 is 33.4 Å². The molecule has 0 fully saturated rings. The largest absolute Gasteiger partial charge is 0.295 e. The van der Waals surface area contributed by atoms with Crippen LogP contribution in [0.3, 0.4) is 0 Å². The predicted molar refractivity (Wildman–Crippen MR) is 59.4 cm³/mol. The number of aromatic nitrogens is 3. The Morgan fingerprint density at radius 1 is 1.44 bits per heavy atom. The summed E-state index contributed by atoms with van der Waals surface area (Å²) in [4.78, 5) is 19.8. The topological polar surface area (TPSA) is 47.8 Å². The van der Waals surface area contributed by atoms with Gasteiger partial charge in [-0.15, -0.1) is 0 Å². The number of thioether (sulfide) groups is 1. The molecular formula is C8H7F2N3OS2. The van der Waals surface area contributed by atoms with E-state index in [1.54, 1.807) is 6.26 Å². The van der Waals surface area contributed by atoms with Gasteiger partial charge in [-0.05, 0) is 6.26 Å². The summed E-state index contributed by atoms with van der Waals surface area (Å²) in [7, 11) is 1.27. The van der Waals surface area contributed by atoms with Gasteiger partial charge in [-0.3, -0.25) is 9.36 Å². The Kier molecular flexibility index (Phi) is 2.94. The smallest absolute Gasteiger partial charge is 0.293 e. The third-order valence-corrected chi connectivity index (χ3v) is 3.96. The van der Waals surface area contributed by atoms with Crippen molar-refractivity contribution in [2.75, 3.05) is 6.26 Å². The van der Waals surface area contributed by atoms with Gasteiger partial charge in [-0.25, -0.2) is 18.7 Å². The summed E-state index contributed by atoms with van der Waals surface area (Å²) >= 11 is 2.50. The number of halogens is 2. The third kappa shape index (κ3) is 1.71. The van der Waals surface area contributed by atoms with Crippen LogP contribution in [-0.4, -0.2) is 20.8 Å². The van der Waals surface area contributed by atoms with E-state index < -0.39 is 17.8 Å². The molecule has 2 aromatic rings. The summed E-state index contributed by atoms with van der Waals surface area (Å²) in [5, 5.41) is 0. The Morgan fingerprint density at radius 2 is 2.12 bits per heavy atom. The molecule has 0 saturated carbocycles. The average molecular weight is 263 g/mol. The minimum absolute atomic E-state index is 0.154. The number of fused-ring (bicyclic) bond motifs is 1. The number of thiazole rings is 1. The molecule has 16 heavy (non-hydrogen) atoms. The van der Waals surface area contributed by atoms with E-state index in [4.69, 9.17) is 0 Å². The lowest BCUT2D eigenvalue weighted by Gasteiger charge is -2.04. The predicted octanol–water partition coefficient (Wildman–Crippen LogP) is 2.05. The molecule has 0 aliphatic rings. The zero-order valence-electron chi connectivity index (χ0n) is 8.40. The van der Waals surface area contributed by atoms with Gasteiger partial charge in [0.2, 0.25) is 0 Å². The standard InChI is InChI=1S/C8H7F2N3OS2/c1-13-5(4(9)10)12-6-3(7(13)14)11-8(15-2)16-6/h4H,1-2H3. The molecule has 8 heteroatoms. The number of rotatable bonds is 2. The number of hydrogen-bond acceptors (Lipinski definition) is 5. The molecule has 0 radical (unpaired) electrons. The van der Waals surface area contributed by atoms with Crippen LogP contribution < -0.4 is 5.56 Å². The molecule has 0 bridgehead atoms. The highest BCUT2D eigenvalue weighted by Crippen LogP contribution is 2.26. The molecular weight excluding hydrogens is 256 g/mol. The molecule has 2 aromatic heterocycles. The molecule has 2 heterocycles. The van der Waals surface area contributed by atoms with Gasteiger partial charge in [0.25, 0.3) is 12.0 Å². The van der Waals surface area contributed by atoms with Crippen LogP contribution in [0.2, 0.25) is 0 Å². The lowest BCUT2D eigenvalue weighted by atomic mass is 10.5. The monoisotopic (exact) mass is 263 g/mol. The van der Waals surface area contributed by atoms with E-state index in [0.29, 0.717) is 4.34 Å². The zero-order valence-corrected chi connectivity index (χ0v) is 10.0. The molecule has 0 aliphatic heterocycles. The van der Waals surface area contributed by atoms with Gasteiger partial charge in [0.15, 0.2) is 20.5 Å². The van der Waals surface area contributed by atoms with Crippen LogP contribution >= 0.6 is 23.1 Å². The summed E-state index contributed by atoms with van der Waals surface area (Å²) in [5.74, 6) is -0.520. The van der Waals surface area contributed by atoms with Gasteiger partial charge in [-0.1, -0.05) is 23.1 Å². The highest BCUT2D eigenvalue weighted by atomic mass is 32.2. The normalized spacial score (nSPS) is 11.6. The average Bonchev–Trinajstić information content (AvgIpc) is 2.66. The van der Waals surface area contributed by atoms with Crippen molar-refractivity contribution in [3.05, 3.63) is 16.2 Å². The summed E-state index contributed by atoms with van der Waals surface area (Å²) in [6.45, 7) is 0. The lowest BCUT2D eigenvalue weighted by Crippen LogP contribution is -2.22. The lowest BCUT2D eigenvalue weighted by molar-refractivity contribution is 0.135. The minimum atomic E-state index is -2.76. The molecule has 0 atom stereocenters. The van der Waals surface area contributed by atoms with Crippen LogP contribution in [0, 0.1) is 0 Å². The Morgan fingerprint density at radius 3 is 2.69 bits per heavy atom. The van der Waals surface area contributed by atoms with E-state index in [1.807, 2.05) is 0 Å². The Balaban J connectivity index is 2.80. The SMILES string of the molecule is CSc1nc2c(=O)n(C)c(C(F)F)nc2s1. The maximum Gasteiger partial charge on any atom is 0.295 e. The first kappa shape index (κ1) is 11.5. The maximum atomic E-state index is 12.6. The molecule has 0 unspecified atom stereocenters. The molecule has 0 amide bonds. The van der Waals surface area contributed by atoms with Crippen LogP contribution in [-0.2, 0) is 7.05 Å². The number of hydrogen-bond donors (Lipinski definition) is 0. The van der Waals surface area contributed by atoms with Crippen molar-refractivity contribution in [3.8, 4) is 0 Å². The summed E-state index contributed by atoms with van der Waals surface area (Å²) in [6, 6.07) is 0. The van der Waals surface area contributed by atoms with Crippen molar-refractivity contribution in [2.45, 2.75) is 10.8 Å². The molecule has 4 nitrogen and oxygen atoms in total. The van der Waals surface area contributed by atoms with Crippen molar-refractivity contribution in [1.29, 1.82) is 0 Å². The zero-order chi connectivity index (χ0) is 11.9. The Hall–Kier alpha value is -1.02. The van der Waals surface area contributed by atoms with Gasteiger partial charge in [0.1, 0.15) is 0 Å². The molecule has 0 saturated heterocycles. The third-order valence-electron chi connectivity index (χ3n) is 2.03. The van der Waals surface area contributed by atoms with E-state index >= 15 is 0 Å². The van der Waals surface area contributed by atoms with Crippen LogP contribution in [0.4, 0.5) is 8.78 Å². The van der Waals surface area contributed by atoms with Crippen LogP contribution in [0.5, 0.6) is 0 Å². The van der Waals surface area contributed by atoms with Crippen molar-refractivity contribution in [1.82, 2.24) is 14.5 Å². The van der Waals surface area contributed by atoms with E-state index in [2.05, 4.69) is 9.97 Å². The van der Waals surface area contributed by atoms with Crippen molar-refractivity contribution in [3.63, 3.8) is 0 Å². The van der Waals surface area contributed by atoms with E-state index in [9.17, 15) is 13.6 Å². The fourth-order valence-electron chi connectivity index (χ4n) is 1.23. The van der Waals surface area contributed by atoms with Crippen molar-refractivity contribution < 1.29 is 8.78 Å². The van der Waals surface area contributed by atoms with Crippen LogP contribution in [0.15, 0.2) is 9.13 Å². The van der Waals surface area contributed by atoms with Gasteiger partial charge in [0.05, 0.1) is 0 Å². The van der Waals surface area contributed by atoms with Gasteiger partial charge in [-0.2, -0.15) is 0 Å². The highest BCUT2D eigenvalue weighted by Gasteiger charge is 2.18. The van der Waals surface area contributed by atoms with E-state index in [1.165, 1.54) is 18.8 Å². The molecule has 0 N–H and O–H groups in total. The number of nitrogens with zero attached hydrogens (tertiary/aromatic N) is 3. The van der Waals surface area contributed by atoms with Gasteiger partial charge >= 0.3 is 0 Å². The summed E-state index contributed by atoms with van der Waals surface area (Å²) < 4.78 is 26.7. The molecule has 0 aliphatic carbocycles. The van der Waals surface area contributed by atoms with Gasteiger partial charge in [0, 0.05) is 7.05 Å². The van der Waals surface area contributed by atoms with E-state index in [-0.39, 0.29) is 10.3 Å². The quantitative estimate of drug-likeness (QED) is 0.778. The molecule has 0 spiro atoms. The fourth-order valence-corrected chi connectivity index (χ4v) is 2.66. The Labute approximate surface area is 97.3 Å². The summed E-state index contributed by atoms with van der Waals surface area (Å²) in [5.41, 5.74) is -0.377. The maximum absolute atomic E-state index is 12.6. The molecule has 2 rings (SSSR count). The second-order valence-electron chi connectivity index (χ2n) is 2.97. The Bertz CT molecular complexity index is 593. The first-order valence-electron chi connectivity index (χ1n) is 4.24. The van der Waals surface area contributed by atoms with Crippen LogP contribution in [0.1, 0.15) is 12.2 Å².